The molecule has 102 valence electrons. The maximum Gasteiger partial charge on any atom is 0.318 e. The second-order valence-corrected chi connectivity index (χ2v) is 5.30. The normalized spacial score (nSPS) is 21.1. The van der Waals surface area contributed by atoms with Gasteiger partial charge in [-0.25, -0.2) is 4.98 Å². The van der Waals surface area contributed by atoms with E-state index in [4.69, 9.17) is 22.9 Å². The van der Waals surface area contributed by atoms with Crippen molar-refractivity contribution < 1.29 is 4.74 Å². The van der Waals surface area contributed by atoms with E-state index in [9.17, 15) is 0 Å². The maximum absolute atomic E-state index is 6.92. The average Bonchev–Trinajstić information content (AvgIpc) is 2.87. The van der Waals surface area contributed by atoms with E-state index >= 15 is 0 Å². The van der Waals surface area contributed by atoms with Crippen LogP contribution in [0.4, 0.5) is 5.82 Å². The summed E-state index contributed by atoms with van der Waals surface area (Å²) in [6.07, 6.45) is 6.79. The third kappa shape index (κ3) is 2.45. The van der Waals surface area contributed by atoms with Gasteiger partial charge in [-0.3, -0.25) is 4.57 Å². The van der Waals surface area contributed by atoms with Crippen LogP contribution in [0.25, 0.3) is 10.7 Å². The van der Waals surface area contributed by atoms with Gasteiger partial charge in [-0.05, 0) is 18.8 Å². The molecular weight excluding hydrogens is 278 g/mol. The van der Waals surface area contributed by atoms with Crippen LogP contribution >= 0.6 is 11.6 Å². The van der Waals surface area contributed by atoms with Gasteiger partial charge in [0.1, 0.15) is 11.1 Å². The number of nitrogens with zero attached hydrogens (tertiary/aromatic N) is 5. The number of rotatable bonds is 3. The highest BCUT2D eigenvalue weighted by molar-refractivity contribution is 6.32. The standard InChI is InChI=1S/C13H12ClN5O/c1-8-3-9(4-8)20-13-16-5-10(14)12(18-13)19-6-11(15-2)17-7-19/h5-9H,3-4H2,1H3. The molecule has 7 heteroatoms. The van der Waals surface area contributed by atoms with Crippen LogP contribution in [0, 0.1) is 12.5 Å². The second-order valence-electron chi connectivity index (χ2n) is 4.89. The average molecular weight is 290 g/mol. The van der Waals surface area contributed by atoms with Gasteiger partial charge in [0.15, 0.2) is 12.1 Å². The summed E-state index contributed by atoms with van der Waals surface area (Å²) in [6, 6.07) is 0.305. The van der Waals surface area contributed by atoms with Crippen molar-refractivity contribution in [2.75, 3.05) is 0 Å². The van der Waals surface area contributed by atoms with E-state index < -0.39 is 0 Å². The van der Waals surface area contributed by atoms with Gasteiger partial charge in [0.25, 0.3) is 5.82 Å². The van der Waals surface area contributed by atoms with Crippen molar-refractivity contribution in [2.24, 2.45) is 5.92 Å². The minimum absolute atomic E-state index is 0.181. The number of ether oxygens (including phenoxy) is 1. The molecule has 0 aliphatic heterocycles. The highest BCUT2D eigenvalue weighted by Crippen LogP contribution is 2.30. The van der Waals surface area contributed by atoms with Crippen LogP contribution in [-0.4, -0.2) is 25.6 Å². The van der Waals surface area contributed by atoms with E-state index in [1.54, 1.807) is 10.8 Å². The fraction of sp³-hybridized carbons (Fsp3) is 0.385. The monoisotopic (exact) mass is 289 g/mol. The summed E-state index contributed by atoms with van der Waals surface area (Å²) in [4.78, 5) is 15.5. The van der Waals surface area contributed by atoms with Crippen molar-refractivity contribution in [3.05, 3.63) is 35.2 Å². The van der Waals surface area contributed by atoms with Gasteiger partial charge in [0.2, 0.25) is 0 Å². The van der Waals surface area contributed by atoms with Crippen molar-refractivity contribution in [3.8, 4) is 11.8 Å². The lowest BCUT2D eigenvalue weighted by Crippen LogP contribution is -2.32. The minimum Gasteiger partial charge on any atom is -0.460 e. The zero-order valence-corrected chi connectivity index (χ0v) is 11.6. The van der Waals surface area contributed by atoms with Crippen LogP contribution in [-0.2, 0) is 0 Å². The first kappa shape index (κ1) is 12.9. The molecule has 0 atom stereocenters. The quantitative estimate of drug-likeness (QED) is 0.815. The number of hydrogen-bond acceptors (Lipinski definition) is 4. The zero-order chi connectivity index (χ0) is 14.1. The molecular formula is C13H12ClN5O. The lowest BCUT2D eigenvalue weighted by molar-refractivity contribution is 0.0648. The van der Waals surface area contributed by atoms with Gasteiger partial charge in [-0.2, -0.15) is 4.98 Å². The molecule has 2 heterocycles. The Morgan fingerprint density at radius 3 is 2.90 bits per heavy atom. The Morgan fingerprint density at radius 2 is 2.25 bits per heavy atom. The molecule has 0 amide bonds. The summed E-state index contributed by atoms with van der Waals surface area (Å²) in [5, 5.41) is 0.383. The number of aromatic nitrogens is 4. The summed E-state index contributed by atoms with van der Waals surface area (Å²) in [6.45, 7) is 9.10. The zero-order valence-electron chi connectivity index (χ0n) is 10.8. The molecule has 2 aromatic rings. The predicted molar refractivity (Wildman–Crippen MR) is 73.2 cm³/mol. The van der Waals surface area contributed by atoms with E-state index in [2.05, 4.69) is 26.7 Å². The van der Waals surface area contributed by atoms with Crippen LogP contribution < -0.4 is 4.74 Å². The molecule has 2 aromatic heterocycles. The molecule has 3 rings (SSSR count). The first-order chi connectivity index (χ1) is 9.65. The SMILES string of the molecule is [C-]#[N+]c1cn(-c2nc(OC3CC(C)C3)ncc2Cl)cn1. The van der Waals surface area contributed by atoms with Gasteiger partial charge >= 0.3 is 6.01 Å². The minimum atomic E-state index is 0.181. The number of halogens is 1. The first-order valence-corrected chi connectivity index (χ1v) is 6.64. The predicted octanol–water partition coefficient (Wildman–Crippen LogP) is 3.04. The summed E-state index contributed by atoms with van der Waals surface area (Å²) < 4.78 is 7.29. The molecule has 0 radical (unpaired) electrons. The van der Waals surface area contributed by atoms with Crippen molar-refractivity contribution in [3.63, 3.8) is 0 Å². The number of hydrogen-bond donors (Lipinski definition) is 0. The molecule has 1 fully saturated rings. The molecule has 0 unspecified atom stereocenters. The van der Waals surface area contributed by atoms with Crippen LogP contribution in [0.1, 0.15) is 19.8 Å². The van der Waals surface area contributed by atoms with Crippen molar-refractivity contribution >= 4 is 17.4 Å². The van der Waals surface area contributed by atoms with Crippen molar-refractivity contribution in [2.45, 2.75) is 25.9 Å². The van der Waals surface area contributed by atoms with Gasteiger partial charge in [0.05, 0.1) is 6.20 Å². The van der Waals surface area contributed by atoms with E-state index in [0.717, 1.165) is 12.8 Å². The van der Waals surface area contributed by atoms with E-state index in [1.807, 2.05) is 0 Å². The fourth-order valence-corrected chi connectivity index (χ4v) is 2.33. The molecule has 0 N–H and O–H groups in total. The van der Waals surface area contributed by atoms with Gasteiger partial charge < -0.3 is 9.58 Å². The molecule has 0 bridgehead atoms. The second kappa shape index (κ2) is 5.10. The summed E-state index contributed by atoms with van der Waals surface area (Å²) in [5.74, 6) is 1.45. The lowest BCUT2D eigenvalue weighted by Gasteiger charge is -2.31. The molecule has 1 aliphatic carbocycles. The first-order valence-electron chi connectivity index (χ1n) is 6.26. The summed E-state index contributed by atoms with van der Waals surface area (Å²) in [7, 11) is 0. The molecule has 0 spiro atoms. The lowest BCUT2D eigenvalue weighted by atomic mass is 9.84. The van der Waals surface area contributed by atoms with Crippen LogP contribution in [0.5, 0.6) is 6.01 Å². The summed E-state index contributed by atoms with van der Waals surface area (Å²) >= 11 is 6.08. The molecule has 0 aromatic carbocycles. The van der Waals surface area contributed by atoms with Gasteiger partial charge in [-0.1, -0.05) is 25.1 Å². The van der Waals surface area contributed by atoms with E-state index in [0.29, 0.717) is 22.8 Å². The largest absolute Gasteiger partial charge is 0.460 e. The summed E-state index contributed by atoms with van der Waals surface area (Å²) in [5.41, 5.74) is 0. The maximum atomic E-state index is 6.92. The van der Waals surface area contributed by atoms with Crippen LogP contribution in [0.3, 0.4) is 0 Å². The van der Waals surface area contributed by atoms with Crippen molar-refractivity contribution in [1.82, 2.24) is 19.5 Å². The topological polar surface area (TPSA) is 57.2 Å². The Bertz CT molecular complexity index is 672. The fourth-order valence-electron chi connectivity index (χ4n) is 2.14. The Labute approximate surface area is 121 Å². The molecule has 20 heavy (non-hydrogen) atoms. The third-order valence-electron chi connectivity index (χ3n) is 3.23. The van der Waals surface area contributed by atoms with Gasteiger partial charge in [-0.15, -0.1) is 4.98 Å². The molecule has 6 nitrogen and oxygen atoms in total. The number of imidazole rings is 1. The molecule has 1 aliphatic rings. The Morgan fingerprint density at radius 1 is 1.45 bits per heavy atom. The van der Waals surface area contributed by atoms with E-state index in [-0.39, 0.29) is 11.9 Å². The molecule has 0 saturated heterocycles. The van der Waals surface area contributed by atoms with Gasteiger partial charge in [0, 0.05) is 6.20 Å². The van der Waals surface area contributed by atoms with E-state index in [1.165, 1.54) is 12.5 Å². The molecule has 1 saturated carbocycles. The highest BCUT2D eigenvalue weighted by Gasteiger charge is 2.28. The van der Waals surface area contributed by atoms with Crippen molar-refractivity contribution in [1.29, 1.82) is 0 Å². The highest BCUT2D eigenvalue weighted by atomic mass is 35.5. The van der Waals surface area contributed by atoms with Crippen LogP contribution in [0.2, 0.25) is 5.02 Å². The smallest absolute Gasteiger partial charge is 0.318 e. The van der Waals surface area contributed by atoms with Crippen LogP contribution in [0.15, 0.2) is 18.7 Å². The third-order valence-corrected chi connectivity index (χ3v) is 3.50. The Kier molecular flexibility index (Phi) is 3.28. The Balaban J connectivity index is 1.85. The Hall–Kier alpha value is -2.13.